The van der Waals surface area contributed by atoms with Gasteiger partial charge in [0.1, 0.15) is 11.2 Å². The van der Waals surface area contributed by atoms with Crippen LogP contribution < -0.4 is 0 Å². The summed E-state index contributed by atoms with van der Waals surface area (Å²) in [5, 5.41) is 9.83. The highest BCUT2D eigenvalue weighted by Gasteiger charge is 2.38. The van der Waals surface area contributed by atoms with Gasteiger partial charge in [0.2, 0.25) is 0 Å². The Morgan fingerprint density at radius 1 is 0.345 bits per heavy atom. The van der Waals surface area contributed by atoms with Crippen LogP contribution >= 0.6 is 0 Å². The number of hydrogen-bond acceptors (Lipinski definition) is 1. The minimum absolute atomic E-state index is 0.150. The lowest BCUT2D eigenvalue weighted by Crippen LogP contribution is -2.16. The minimum atomic E-state index is -0.150. The lowest BCUT2D eigenvalue weighted by molar-refractivity contribution is 0.662. The molecule has 0 N–H and O–H groups in total. The van der Waals surface area contributed by atoms with E-state index >= 15 is 0 Å². The molecule has 1 aliphatic rings. The quantitative estimate of drug-likeness (QED) is 0.164. The van der Waals surface area contributed by atoms with Crippen molar-refractivity contribution in [2.75, 3.05) is 0 Å². The van der Waals surface area contributed by atoms with Crippen LogP contribution in [0.3, 0.4) is 0 Å². The zero-order valence-corrected chi connectivity index (χ0v) is 32.4. The van der Waals surface area contributed by atoms with Crippen LogP contribution in [0.4, 0.5) is 0 Å². The van der Waals surface area contributed by atoms with E-state index in [0.717, 1.165) is 33.1 Å². The van der Waals surface area contributed by atoms with Gasteiger partial charge in [-0.3, -0.25) is 0 Å². The Morgan fingerprint density at radius 2 is 0.879 bits per heavy atom. The molecule has 0 amide bonds. The van der Waals surface area contributed by atoms with Crippen molar-refractivity contribution in [1.82, 2.24) is 0 Å². The second kappa shape index (κ2) is 12.4. The van der Waals surface area contributed by atoms with Gasteiger partial charge in [-0.05, 0) is 106 Å². The number of para-hydroxylation sites is 2. The van der Waals surface area contributed by atoms with Gasteiger partial charge in [-0.2, -0.15) is 0 Å². The normalized spacial score (nSPS) is 13.1. The summed E-state index contributed by atoms with van der Waals surface area (Å²) in [4.78, 5) is 0. The van der Waals surface area contributed by atoms with Crippen molar-refractivity contribution in [1.29, 1.82) is 0 Å². The molecule has 1 aliphatic carbocycles. The van der Waals surface area contributed by atoms with E-state index in [1.165, 1.54) is 88.0 Å². The Balaban J connectivity index is 1.08. The fourth-order valence-corrected chi connectivity index (χ4v) is 10.4. The molecular formula is C57H38O. The monoisotopic (exact) mass is 738 g/mol. The van der Waals surface area contributed by atoms with Crippen LogP contribution in [-0.4, -0.2) is 0 Å². The number of furan rings is 1. The average Bonchev–Trinajstić information content (AvgIpc) is 3.77. The van der Waals surface area contributed by atoms with Crippen LogP contribution in [0.1, 0.15) is 25.0 Å². The van der Waals surface area contributed by atoms with Crippen LogP contribution in [0.5, 0.6) is 0 Å². The average molecular weight is 739 g/mol. The number of fused-ring (bicyclic) bond motifs is 10. The molecule has 0 atom stereocenters. The molecule has 0 saturated carbocycles. The van der Waals surface area contributed by atoms with Gasteiger partial charge in [0.15, 0.2) is 0 Å². The number of rotatable bonds is 4. The zero-order chi connectivity index (χ0) is 38.5. The number of benzene rings is 10. The Hall–Kier alpha value is -7.22. The summed E-state index contributed by atoms with van der Waals surface area (Å²) in [6.45, 7) is 4.79. The van der Waals surface area contributed by atoms with Crippen molar-refractivity contribution in [3.63, 3.8) is 0 Å². The first kappa shape index (κ1) is 33.0. The van der Waals surface area contributed by atoms with Gasteiger partial charge in [-0.15, -0.1) is 0 Å². The zero-order valence-electron chi connectivity index (χ0n) is 32.4. The van der Waals surface area contributed by atoms with Crippen LogP contribution in [0, 0.1) is 0 Å². The van der Waals surface area contributed by atoms with E-state index in [9.17, 15) is 0 Å². The predicted molar refractivity (Wildman–Crippen MR) is 246 cm³/mol. The molecule has 1 heteroatoms. The van der Waals surface area contributed by atoms with E-state index in [2.05, 4.69) is 202 Å². The van der Waals surface area contributed by atoms with Gasteiger partial charge in [0.05, 0.1) is 0 Å². The maximum atomic E-state index is 6.61. The maximum Gasteiger partial charge on any atom is 0.143 e. The molecule has 0 unspecified atom stereocenters. The van der Waals surface area contributed by atoms with Gasteiger partial charge < -0.3 is 4.42 Å². The van der Waals surface area contributed by atoms with Gasteiger partial charge in [0, 0.05) is 21.8 Å². The van der Waals surface area contributed by atoms with Gasteiger partial charge in [-0.1, -0.05) is 196 Å². The number of hydrogen-bond donors (Lipinski definition) is 0. The molecule has 0 aliphatic heterocycles. The fraction of sp³-hybridized carbons (Fsp3) is 0.0526. The minimum Gasteiger partial charge on any atom is -0.455 e. The summed E-state index contributed by atoms with van der Waals surface area (Å²) in [7, 11) is 0. The molecule has 11 aromatic rings. The highest BCUT2D eigenvalue weighted by atomic mass is 16.3. The standard InChI is InChI=1S/C57H38O/c1-57(2)50-33-32-35-16-3-4-19-38(35)54(50)49-30-14-27-39(55(49)57)36-17-13-18-37(34-36)52-43-23-7-9-25-45(43)53(46-26-10-8-24-44(46)52)42-22-6-5-20-40(42)47-28-15-29-48-41-21-11-12-31-51(41)58-56(47)48/h3-34H,1-2H3. The highest BCUT2D eigenvalue weighted by Crippen LogP contribution is 2.55. The van der Waals surface area contributed by atoms with E-state index in [-0.39, 0.29) is 5.41 Å². The summed E-state index contributed by atoms with van der Waals surface area (Å²) >= 11 is 0. The molecule has 12 rings (SSSR count). The van der Waals surface area contributed by atoms with Crippen molar-refractivity contribution < 1.29 is 4.42 Å². The largest absolute Gasteiger partial charge is 0.455 e. The molecule has 0 spiro atoms. The maximum absolute atomic E-state index is 6.61. The molecule has 1 nitrogen and oxygen atoms in total. The third kappa shape index (κ3) is 4.65. The first-order chi connectivity index (χ1) is 28.6. The van der Waals surface area contributed by atoms with Crippen molar-refractivity contribution in [2.24, 2.45) is 0 Å². The smallest absolute Gasteiger partial charge is 0.143 e. The SMILES string of the molecule is CC1(C)c2ccc3ccccc3c2-c2cccc(-c3cccc(-c4c5ccccc5c(-c5ccccc5-c5cccc6c5oc5ccccc56)c5ccccc45)c3)c21. The Bertz CT molecular complexity index is 3430. The molecular weight excluding hydrogens is 701 g/mol. The third-order valence-corrected chi connectivity index (χ3v) is 12.8. The van der Waals surface area contributed by atoms with Gasteiger partial charge in [-0.25, -0.2) is 0 Å². The van der Waals surface area contributed by atoms with Crippen LogP contribution in [-0.2, 0) is 5.41 Å². The van der Waals surface area contributed by atoms with E-state index < -0.39 is 0 Å². The van der Waals surface area contributed by atoms with Gasteiger partial charge in [0.25, 0.3) is 0 Å². The second-order valence-corrected chi connectivity index (χ2v) is 16.3. The molecule has 1 aromatic heterocycles. The van der Waals surface area contributed by atoms with E-state index in [1.54, 1.807) is 0 Å². The second-order valence-electron chi connectivity index (χ2n) is 16.3. The lowest BCUT2D eigenvalue weighted by atomic mass is 9.78. The van der Waals surface area contributed by atoms with Crippen molar-refractivity contribution in [2.45, 2.75) is 19.3 Å². The van der Waals surface area contributed by atoms with Crippen molar-refractivity contribution >= 4 is 54.3 Å². The summed E-state index contributed by atoms with van der Waals surface area (Å²) in [5.74, 6) is 0. The van der Waals surface area contributed by atoms with Crippen LogP contribution in [0.25, 0.3) is 110 Å². The summed E-state index contributed by atoms with van der Waals surface area (Å²) < 4.78 is 6.61. The van der Waals surface area contributed by atoms with Crippen molar-refractivity contribution in [3.8, 4) is 55.6 Å². The Morgan fingerprint density at radius 3 is 1.66 bits per heavy atom. The summed E-state index contributed by atoms with van der Waals surface area (Å²) in [5.41, 5.74) is 16.9. The van der Waals surface area contributed by atoms with Crippen LogP contribution in [0.2, 0.25) is 0 Å². The molecule has 58 heavy (non-hydrogen) atoms. The van der Waals surface area contributed by atoms with E-state index in [1.807, 2.05) is 6.07 Å². The Labute approximate surface area is 337 Å². The van der Waals surface area contributed by atoms with E-state index in [0.29, 0.717) is 0 Å². The Kier molecular flexibility index (Phi) is 7.04. The summed E-state index contributed by atoms with van der Waals surface area (Å²) in [6, 6.07) is 71.3. The first-order valence-electron chi connectivity index (χ1n) is 20.3. The molecule has 0 fully saturated rings. The first-order valence-corrected chi connectivity index (χ1v) is 20.3. The fourth-order valence-electron chi connectivity index (χ4n) is 10.4. The molecule has 0 bridgehead atoms. The molecule has 0 saturated heterocycles. The van der Waals surface area contributed by atoms with Gasteiger partial charge >= 0.3 is 0 Å². The van der Waals surface area contributed by atoms with E-state index in [4.69, 9.17) is 4.42 Å². The highest BCUT2D eigenvalue weighted by molar-refractivity contribution is 6.23. The molecule has 10 aromatic carbocycles. The van der Waals surface area contributed by atoms with Crippen molar-refractivity contribution in [3.05, 3.63) is 205 Å². The predicted octanol–water partition coefficient (Wildman–Crippen LogP) is 16.0. The third-order valence-electron chi connectivity index (χ3n) is 12.8. The molecule has 0 radical (unpaired) electrons. The lowest BCUT2D eigenvalue weighted by Gasteiger charge is -2.25. The molecule has 272 valence electrons. The van der Waals surface area contributed by atoms with Crippen LogP contribution in [0.15, 0.2) is 199 Å². The molecule has 1 heterocycles. The summed E-state index contributed by atoms with van der Waals surface area (Å²) in [6.07, 6.45) is 0. The topological polar surface area (TPSA) is 13.1 Å².